The molecule has 4 heteroatoms. The quantitative estimate of drug-likeness (QED) is 0.461. The second-order valence-corrected chi connectivity index (χ2v) is 9.26. The fourth-order valence-corrected chi connectivity index (χ4v) is 4.35. The van der Waals surface area contributed by atoms with E-state index in [1.165, 1.54) is 33.4 Å². The maximum Gasteiger partial charge on any atom is 0.318 e. The molecule has 1 N–H and O–H groups in total. The summed E-state index contributed by atoms with van der Waals surface area (Å²) in [6, 6.07) is 20.9. The van der Waals surface area contributed by atoms with E-state index in [-0.39, 0.29) is 12.1 Å². The van der Waals surface area contributed by atoms with Crippen molar-refractivity contribution in [3.63, 3.8) is 0 Å². The fraction of sp³-hybridized carbons (Fsp3) is 0.296. The molecule has 1 atom stereocenters. The highest BCUT2D eigenvalue weighted by molar-refractivity contribution is 6.30. The SMILES string of the molecule is Cc1ccc(-c2cc(C(C)C)ccc2C)c(CN2CC(c3ccc(Cl)cc3)NC2=O)c1. The van der Waals surface area contributed by atoms with Gasteiger partial charge in [0.2, 0.25) is 0 Å². The molecule has 0 radical (unpaired) electrons. The smallest absolute Gasteiger partial charge is 0.318 e. The number of nitrogens with zero attached hydrogens (tertiary/aromatic N) is 1. The number of nitrogens with one attached hydrogen (secondary N) is 1. The molecule has 0 aliphatic carbocycles. The molecule has 1 aliphatic heterocycles. The number of urea groups is 1. The molecule has 0 spiro atoms. The second-order valence-electron chi connectivity index (χ2n) is 8.82. The number of carbonyl (C=O) groups excluding carboxylic acids is 1. The molecule has 3 aromatic rings. The summed E-state index contributed by atoms with van der Waals surface area (Å²) in [5.41, 5.74) is 8.48. The highest BCUT2D eigenvalue weighted by Crippen LogP contribution is 2.32. The topological polar surface area (TPSA) is 32.3 Å². The molecule has 4 rings (SSSR count). The van der Waals surface area contributed by atoms with E-state index in [0.29, 0.717) is 24.0 Å². The second kappa shape index (κ2) is 8.76. The third-order valence-corrected chi connectivity index (χ3v) is 6.35. The van der Waals surface area contributed by atoms with E-state index >= 15 is 0 Å². The summed E-state index contributed by atoms with van der Waals surface area (Å²) >= 11 is 6.02. The van der Waals surface area contributed by atoms with Gasteiger partial charge in [-0.05, 0) is 65.3 Å². The maximum atomic E-state index is 12.8. The lowest BCUT2D eigenvalue weighted by molar-refractivity contribution is 0.215. The van der Waals surface area contributed by atoms with E-state index < -0.39 is 0 Å². The van der Waals surface area contributed by atoms with Crippen molar-refractivity contribution in [3.05, 3.63) is 93.5 Å². The van der Waals surface area contributed by atoms with Crippen LogP contribution in [0.4, 0.5) is 4.79 Å². The van der Waals surface area contributed by atoms with Gasteiger partial charge in [-0.15, -0.1) is 0 Å². The van der Waals surface area contributed by atoms with Crippen LogP contribution in [-0.2, 0) is 6.54 Å². The monoisotopic (exact) mass is 432 g/mol. The van der Waals surface area contributed by atoms with Gasteiger partial charge < -0.3 is 10.2 Å². The zero-order valence-electron chi connectivity index (χ0n) is 18.6. The van der Waals surface area contributed by atoms with Crippen LogP contribution in [0, 0.1) is 13.8 Å². The van der Waals surface area contributed by atoms with E-state index in [4.69, 9.17) is 11.6 Å². The van der Waals surface area contributed by atoms with Crippen LogP contribution in [0.1, 0.15) is 53.6 Å². The Balaban J connectivity index is 1.64. The van der Waals surface area contributed by atoms with Crippen LogP contribution in [0.2, 0.25) is 5.02 Å². The third-order valence-electron chi connectivity index (χ3n) is 6.10. The standard InChI is InChI=1S/C27H29ClN2O/c1-17(2)21-7-6-19(4)25(14-21)24-12-5-18(3)13-22(24)15-30-16-26(29-27(30)31)20-8-10-23(28)11-9-20/h5-14,17,26H,15-16H2,1-4H3,(H,29,31). The van der Waals surface area contributed by atoms with E-state index in [9.17, 15) is 4.79 Å². The van der Waals surface area contributed by atoms with E-state index in [1.807, 2.05) is 29.2 Å². The minimum atomic E-state index is -0.0277. The average Bonchev–Trinajstić information content (AvgIpc) is 3.09. The van der Waals surface area contributed by atoms with Crippen LogP contribution in [0.15, 0.2) is 60.7 Å². The van der Waals surface area contributed by atoms with Gasteiger partial charge >= 0.3 is 6.03 Å². The Bertz CT molecular complexity index is 1100. The Labute approximate surface area is 190 Å². The summed E-state index contributed by atoms with van der Waals surface area (Å²) in [6.07, 6.45) is 0. The molecule has 2 amide bonds. The van der Waals surface area contributed by atoms with E-state index in [1.54, 1.807) is 0 Å². The Morgan fingerprint density at radius 3 is 2.45 bits per heavy atom. The predicted molar refractivity (Wildman–Crippen MR) is 129 cm³/mol. The lowest BCUT2D eigenvalue weighted by atomic mass is 9.90. The van der Waals surface area contributed by atoms with Crippen LogP contribution in [0.25, 0.3) is 11.1 Å². The molecule has 1 aliphatic rings. The van der Waals surface area contributed by atoms with Gasteiger partial charge in [-0.1, -0.05) is 79.5 Å². The van der Waals surface area contributed by atoms with Gasteiger partial charge in [-0.3, -0.25) is 0 Å². The summed E-state index contributed by atoms with van der Waals surface area (Å²) < 4.78 is 0. The van der Waals surface area contributed by atoms with Crippen molar-refractivity contribution in [3.8, 4) is 11.1 Å². The summed E-state index contributed by atoms with van der Waals surface area (Å²) in [6.45, 7) is 9.91. The zero-order chi connectivity index (χ0) is 22.1. The number of amides is 2. The molecule has 0 bridgehead atoms. The molecule has 3 nitrogen and oxygen atoms in total. The highest BCUT2D eigenvalue weighted by Gasteiger charge is 2.30. The Kier molecular flexibility index (Phi) is 6.06. The van der Waals surface area contributed by atoms with Crippen molar-refractivity contribution in [1.82, 2.24) is 10.2 Å². The van der Waals surface area contributed by atoms with Crippen molar-refractivity contribution in [2.24, 2.45) is 0 Å². The van der Waals surface area contributed by atoms with Crippen LogP contribution < -0.4 is 5.32 Å². The summed E-state index contributed by atoms with van der Waals surface area (Å²) in [7, 11) is 0. The van der Waals surface area contributed by atoms with Crippen LogP contribution in [0.3, 0.4) is 0 Å². The number of carbonyl (C=O) groups is 1. The van der Waals surface area contributed by atoms with E-state index in [2.05, 4.69) is 69.4 Å². The van der Waals surface area contributed by atoms with Crippen molar-refractivity contribution in [2.45, 2.75) is 46.2 Å². The molecule has 31 heavy (non-hydrogen) atoms. The molecule has 1 fully saturated rings. The largest absolute Gasteiger partial charge is 0.329 e. The number of benzene rings is 3. The van der Waals surface area contributed by atoms with Gasteiger partial charge in [-0.25, -0.2) is 4.79 Å². The summed E-state index contributed by atoms with van der Waals surface area (Å²) in [5, 5.41) is 3.82. The maximum absolute atomic E-state index is 12.8. The van der Waals surface area contributed by atoms with Crippen molar-refractivity contribution >= 4 is 17.6 Å². The molecule has 0 saturated carbocycles. The first-order chi connectivity index (χ1) is 14.8. The predicted octanol–water partition coefficient (Wildman–Crippen LogP) is 7.01. The first-order valence-corrected chi connectivity index (χ1v) is 11.2. The highest BCUT2D eigenvalue weighted by atomic mass is 35.5. The molecular weight excluding hydrogens is 404 g/mol. The van der Waals surface area contributed by atoms with Gasteiger partial charge in [0.25, 0.3) is 0 Å². The Morgan fingerprint density at radius 2 is 1.74 bits per heavy atom. The van der Waals surface area contributed by atoms with Crippen LogP contribution >= 0.6 is 11.6 Å². The fourth-order valence-electron chi connectivity index (χ4n) is 4.22. The van der Waals surface area contributed by atoms with Crippen molar-refractivity contribution in [1.29, 1.82) is 0 Å². The first-order valence-electron chi connectivity index (χ1n) is 10.8. The number of rotatable bonds is 5. The Hall–Kier alpha value is -2.78. The molecule has 0 aromatic heterocycles. The molecular formula is C27H29ClN2O. The van der Waals surface area contributed by atoms with Gasteiger partial charge in [0.1, 0.15) is 0 Å². The average molecular weight is 433 g/mol. The molecule has 1 saturated heterocycles. The van der Waals surface area contributed by atoms with Gasteiger partial charge in [0.05, 0.1) is 6.04 Å². The molecule has 1 heterocycles. The third kappa shape index (κ3) is 4.62. The number of hydrogen-bond acceptors (Lipinski definition) is 1. The Morgan fingerprint density at radius 1 is 1.00 bits per heavy atom. The lowest BCUT2D eigenvalue weighted by Crippen LogP contribution is -2.27. The molecule has 1 unspecified atom stereocenters. The number of halogens is 1. The minimum absolute atomic E-state index is 0.0240. The van der Waals surface area contributed by atoms with Gasteiger partial charge in [0.15, 0.2) is 0 Å². The molecule has 160 valence electrons. The molecule has 3 aromatic carbocycles. The van der Waals surface area contributed by atoms with Gasteiger partial charge in [-0.2, -0.15) is 0 Å². The number of aryl methyl sites for hydroxylation is 2. The van der Waals surface area contributed by atoms with Crippen molar-refractivity contribution < 1.29 is 4.79 Å². The summed E-state index contributed by atoms with van der Waals surface area (Å²) in [4.78, 5) is 14.7. The summed E-state index contributed by atoms with van der Waals surface area (Å²) in [5.74, 6) is 0.470. The lowest BCUT2D eigenvalue weighted by Gasteiger charge is -2.20. The van der Waals surface area contributed by atoms with E-state index in [0.717, 1.165) is 5.56 Å². The van der Waals surface area contributed by atoms with Crippen molar-refractivity contribution in [2.75, 3.05) is 6.54 Å². The normalized spacial score (nSPS) is 16.1. The zero-order valence-corrected chi connectivity index (χ0v) is 19.3. The first kappa shape index (κ1) is 21.5. The van der Waals surface area contributed by atoms with Gasteiger partial charge in [0, 0.05) is 18.1 Å². The van der Waals surface area contributed by atoms with Crippen LogP contribution in [-0.4, -0.2) is 17.5 Å². The van der Waals surface area contributed by atoms with Crippen LogP contribution in [0.5, 0.6) is 0 Å². The minimum Gasteiger partial charge on any atom is -0.329 e. The number of hydrogen-bond donors (Lipinski definition) is 1.